The molecule has 0 amide bonds. The van der Waals surface area contributed by atoms with Crippen molar-refractivity contribution in [1.82, 2.24) is 0 Å². The van der Waals surface area contributed by atoms with Crippen LogP contribution in [0.2, 0.25) is 0 Å². The lowest BCUT2D eigenvalue weighted by molar-refractivity contribution is -0.381. The molecule has 652 valence electrons. The molecular weight excluding hydrogens is 1580 g/mol. The number of hydrogen-bond acceptors (Lipinski definition) is 23. The Morgan fingerprint density at radius 2 is 0.444 bits per heavy atom. The van der Waals surface area contributed by atoms with E-state index in [-0.39, 0.29) is 92.5 Å². The highest BCUT2D eigenvalue weighted by atomic mass is 16.8. The van der Waals surface area contributed by atoms with Gasteiger partial charge in [-0.1, -0.05) is 303 Å². The van der Waals surface area contributed by atoms with E-state index in [1.807, 2.05) is 310 Å². The lowest BCUT2D eigenvalue weighted by Gasteiger charge is -2.51. The summed E-state index contributed by atoms with van der Waals surface area (Å²) in [5.41, 5.74) is 8.61. The van der Waals surface area contributed by atoms with E-state index in [2.05, 4.69) is 0 Å². The maximum Gasteiger partial charge on any atom is 0.303 e. The first-order valence-corrected chi connectivity index (χ1v) is 42.4. The lowest BCUT2D eigenvalue weighted by Crippen LogP contribution is -2.67. The van der Waals surface area contributed by atoms with E-state index in [1.54, 1.807) is 0 Å². The Bertz CT molecular complexity index is 4720. The summed E-state index contributed by atoms with van der Waals surface area (Å²) in [6, 6.07) is 97.2. The second kappa shape index (κ2) is 47.3. The van der Waals surface area contributed by atoms with Crippen LogP contribution in [0.4, 0.5) is 0 Å². The van der Waals surface area contributed by atoms with Gasteiger partial charge in [0, 0.05) is 20.8 Å². The Kier molecular flexibility index (Phi) is 34.4. The maximum absolute atomic E-state index is 14.3. The second-order valence-electron chi connectivity index (χ2n) is 31.1. The molecule has 4 heterocycles. The smallest absolute Gasteiger partial charge is 0.303 e. The average molecular weight is 1690 g/mol. The van der Waals surface area contributed by atoms with E-state index in [0.717, 1.165) is 55.6 Å². The van der Waals surface area contributed by atoms with Gasteiger partial charge >= 0.3 is 17.9 Å². The van der Waals surface area contributed by atoms with Crippen molar-refractivity contribution in [2.24, 2.45) is 0 Å². The molecule has 0 radical (unpaired) electrons. The van der Waals surface area contributed by atoms with Crippen LogP contribution >= 0.6 is 0 Å². The van der Waals surface area contributed by atoms with Crippen molar-refractivity contribution >= 4 is 17.9 Å². The lowest BCUT2D eigenvalue weighted by atomic mass is 9.93. The largest absolute Gasteiger partial charge is 0.457 e. The zero-order valence-electron chi connectivity index (χ0n) is 70.2. The van der Waals surface area contributed by atoms with Crippen molar-refractivity contribution in [3.8, 4) is 0 Å². The van der Waals surface area contributed by atoms with Gasteiger partial charge in [-0.2, -0.15) is 0 Å². The van der Waals surface area contributed by atoms with E-state index in [1.165, 1.54) is 20.8 Å². The molecule has 124 heavy (non-hydrogen) atoms. The van der Waals surface area contributed by atoms with Crippen LogP contribution in [-0.2, 0) is 175 Å². The monoisotopic (exact) mass is 1690 g/mol. The first kappa shape index (κ1) is 90.2. The van der Waals surface area contributed by atoms with Crippen LogP contribution in [0, 0.1) is 0 Å². The minimum absolute atomic E-state index is 0.00812. The van der Waals surface area contributed by atoms with Crippen molar-refractivity contribution in [2.45, 2.75) is 216 Å². The Morgan fingerprint density at radius 1 is 0.218 bits per heavy atom. The molecule has 0 aliphatic carbocycles. The quantitative estimate of drug-likeness (QED) is 0.0255. The number of esters is 3. The molecule has 23 heteroatoms. The molecule has 4 aliphatic rings. The highest BCUT2D eigenvalue weighted by Crippen LogP contribution is 2.41. The zero-order chi connectivity index (χ0) is 85.4. The predicted molar refractivity (Wildman–Crippen MR) is 456 cm³/mol. The standard InChI is InChI=1S/C101H110O23/c1-69-87(108-58-76-41-21-8-22-42-76)93(123-100-96(114-64-82-53-33-14-34-54-82)92(113-63-81-51-31-13-32-52-81)88(109-59-77-43-23-9-24-44-77)83(121-100)65-105-55-73-35-15-5-16-36-73)91(112-62-80-49-29-12-30-50-80)86(116-69)68-115-99-97(94(117-70(2)102)89(110-60-78-45-25-10-26-46-78)84(120-99)66-106-56-74-37-17-6-18-38-74)124-101-98(119-72(4)104)95(118-71(3)103)90(111-61-79-47-27-11-28-48-79)85(122-101)67-107-57-75-39-19-7-20-40-75/h5-54,69,83-101H,55-68H2,1-4H3/t69-,83?,84?,85?,86?,87?,88+,89-,90-,91-,92?,93-,94+,95+,96?,97?,98?,99+,100-,101-/m1/s1. The van der Waals surface area contributed by atoms with Gasteiger partial charge in [0.15, 0.2) is 43.3 Å². The molecule has 10 aromatic rings. The molecule has 14 rings (SSSR count). The van der Waals surface area contributed by atoms with Crippen LogP contribution < -0.4 is 0 Å². The van der Waals surface area contributed by atoms with E-state index in [9.17, 15) is 14.4 Å². The molecule has 4 aliphatic heterocycles. The number of carbonyl (C=O) groups is 3. The fourth-order valence-electron chi connectivity index (χ4n) is 15.8. The molecule has 4 saturated heterocycles. The summed E-state index contributed by atoms with van der Waals surface area (Å²) < 4.78 is 141. The van der Waals surface area contributed by atoms with Gasteiger partial charge in [0.2, 0.25) is 0 Å². The summed E-state index contributed by atoms with van der Waals surface area (Å²) in [7, 11) is 0. The van der Waals surface area contributed by atoms with Gasteiger partial charge in [-0.15, -0.1) is 0 Å². The fraction of sp³-hybridized carbons (Fsp3) is 0.376. The van der Waals surface area contributed by atoms with Crippen molar-refractivity contribution in [1.29, 1.82) is 0 Å². The summed E-state index contributed by atoms with van der Waals surface area (Å²) in [4.78, 5) is 41.9. The molecule has 9 unspecified atom stereocenters. The van der Waals surface area contributed by atoms with Crippen LogP contribution in [0.1, 0.15) is 83.3 Å². The molecule has 0 spiro atoms. The third-order valence-electron chi connectivity index (χ3n) is 21.7. The first-order chi connectivity index (χ1) is 60.9. The zero-order valence-corrected chi connectivity index (χ0v) is 70.2. The van der Waals surface area contributed by atoms with Crippen molar-refractivity contribution in [3.05, 3.63) is 359 Å². The SMILES string of the molecule is CC(=O)OC1[C@@H](OC2[C@@H](OCC3O[C@H](C)C(OCc4ccccc4)[C@@H](O[C@H]4OC(COCc5ccccc5)[C@H](OCc5ccccc5)C(OCc5ccccc5)C4OCc4ccccc4)[C@@H]3OCc3ccccc3)OC(COCc3ccccc3)[C@@H](OCc3ccccc3)[C@@H]2OC(C)=O)OC(COCc2ccccc2)[C@@H](OCc2ccccc2)[C@@H]1OC(C)=O. The van der Waals surface area contributed by atoms with Crippen molar-refractivity contribution in [3.63, 3.8) is 0 Å². The summed E-state index contributed by atoms with van der Waals surface area (Å²) in [6.45, 7) is 6.03. The number of carbonyl (C=O) groups excluding carboxylic acids is 3. The normalized spacial score (nSPS) is 26.3. The van der Waals surface area contributed by atoms with Crippen LogP contribution in [0.15, 0.2) is 303 Å². The van der Waals surface area contributed by atoms with Crippen LogP contribution in [-0.4, -0.2) is 167 Å². The summed E-state index contributed by atoms with van der Waals surface area (Å²) in [5, 5.41) is 0. The Morgan fingerprint density at radius 3 is 0.758 bits per heavy atom. The average Bonchev–Trinajstić information content (AvgIpc) is 0.765. The highest BCUT2D eigenvalue weighted by molar-refractivity contribution is 5.68. The molecule has 10 aromatic carbocycles. The van der Waals surface area contributed by atoms with E-state index >= 15 is 0 Å². The van der Waals surface area contributed by atoms with Gasteiger partial charge in [-0.3, -0.25) is 14.4 Å². The molecule has 23 nitrogen and oxygen atoms in total. The maximum atomic E-state index is 14.3. The van der Waals surface area contributed by atoms with E-state index in [0.29, 0.717) is 0 Å². The third kappa shape index (κ3) is 26.5. The Hall–Kier alpha value is -10.1. The highest BCUT2D eigenvalue weighted by Gasteiger charge is 2.59. The topological polar surface area (TPSA) is 236 Å². The summed E-state index contributed by atoms with van der Waals surface area (Å²) in [6.07, 6.45) is -24.3. The molecule has 20 atom stereocenters. The second-order valence-corrected chi connectivity index (χ2v) is 31.1. The summed E-state index contributed by atoms with van der Waals surface area (Å²) >= 11 is 0. The van der Waals surface area contributed by atoms with Crippen molar-refractivity contribution in [2.75, 3.05) is 26.4 Å². The number of ether oxygens (including phenoxy) is 20. The predicted octanol–water partition coefficient (Wildman–Crippen LogP) is 15.3. The number of rotatable bonds is 43. The Labute approximate surface area is 725 Å². The number of benzene rings is 10. The van der Waals surface area contributed by atoms with Crippen molar-refractivity contribution < 1.29 is 109 Å². The van der Waals surface area contributed by atoms with Gasteiger partial charge in [0.05, 0.1) is 98.6 Å². The van der Waals surface area contributed by atoms with Crippen LogP contribution in [0.5, 0.6) is 0 Å². The van der Waals surface area contributed by atoms with Gasteiger partial charge in [0.25, 0.3) is 0 Å². The molecule has 4 fully saturated rings. The van der Waals surface area contributed by atoms with Crippen LogP contribution in [0.3, 0.4) is 0 Å². The molecule has 0 N–H and O–H groups in total. The van der Waals surface area contributed by atoms with E-state index < -0.39 is 141 Å². The first-order valence-electron chi connectivity index (χ1n) is 42.4. The minimum atomic E-state index is -1.72. The third-order valence-corrected chi connectivity index (χ3v) is 21.7. The molecule has 0 saturated carbocycles. The van der Waals surface area contributed by atoms with Gasteiger partial charge < -0.3 is 94.7 Å². The van der Waals surface area contributed by atoms with Crippen LogP contribution in [0.25, 0.3) is 0 Å². The molecule has 0 aromatic heterocycles. The minimum Gasteiger partial charge on any atom is -0.457 e. The number of hydrogen-bond donors (Lipinski definition) is 0. The van der Waals surface area contributed by atoms with Gasteiger partial charge in [-0.05, 0) is 62.6 Å². The molecular formula is C101H110O23. The van der Waals surface area contributed by atoms with E-state index in [4.69, 9.17) is 94.7 Å². The van der Waals surface area contributed by atoms with Gasteiger partial charge in [-0.25, -0.2) is 0 Å². The Balaban J connectivity index is 0.876. The summed E-state index contributed by atoms with van der Waals surface area (Å²) in [5.74, 6) is -2.26. The van der Waals surface area contributed by atoms with Gasteiger partial charge in [0.1, 0.15) is 73.2 Å². The fourth-order valence-corrected chi connectivity index (χ4v) is 15.8. The molecule has 0 bridgehead atoms.